The van der Waals surface area contributed by atoms with Crippen molar-refractivity contribution >= 4 is 29.5 Å². The van der Waals surface area contributed by atoms with Crippen LogP contribution in [0.25, 0.3) is 0 Å². The summed E-state index contributed by atoms with van der Waals surface area (Å²) in [7, 11) is 0. The van der Waals surface area contributed by atoms with Crippen molar-refractivity contribution in [1.29, 1.82) is 0 Å². The van der Waals surface area contributed by atoms with Gasteiger partial charge in [-0.3, -0.25) is 14.4 Å². The van der Waals surface area contributed by atoms with Gasteiger partial charge in [0, 0.05) is 22.7 Å². The Balaban J connectivity index is 1.57. The Hall–Kier alpha value is -1.54. The molecule has 5 rings (SSSR count). The first-order valence-corrected chi connectivity index (χ1v) is 12.6. The standard InChI is InChI=1S/C26H32F2O5S/c1-13-9-15-16-11-18(27)17-10-14(29)5-6-23(17,3)25(16,28)8-7-24(15,4)26(13,21(32)34)33-20(31)22(2)12-19(22)30/h5-6,10,13,15-16,18-19,30H,7-9,11-12H2,1-4H3,(H,32,34)/t13-,15+,16+,18+,19?,22?,23+,24+,25-,26+/m1/s1. The summed E-state index contributed by atoms with van der Waals surface area (Å²) in [6.45, 7) is 6.91. The zero-order valence-electron chi connectivity index (χ0n) is 19.9. The largest absolute Gasteiger partial charge is 0.449 e. The summed E-state index contributed by atoms with van der Waals surface area (Å²) in [5.41, 5.74) is -6.47. The van der Waals surface area contributed by atoms with Gasteiger partial charge in [0.05, 0.1) is 11.5 Å². The molecule has 1 N–H and O–H groups in total. The maximum Gasteiger partial charge on any atom is 0.315 e. The summed E-state index contributed by atoms with van der Waals surface area (Å²) >= 11 is 4.18. The van der Waals surface area contributed by atoms with Crippen LogP contribution in [-0.2, 0) is 19.1 Å². The molecule has 4 fully saturated rings. The Morgan fingerprint density at radius 3 is 2.41 bits per heavy atom. The van der Waals surface area contributed by atoms with Crippen LogP contribution in [0.1, 0.15) is 59.8 Å². The third-order valence-electron chi connectivity index (χ3n) is 10.4. The first-order valence-electron chi connectivity index (χ1n) is 12.1. The van der Waals surface area contributed by atoms with Crippen molar-refractivity contribution in [3.63, 3.8) is 0 Å². The van der Waals surface area contributed by atoms with Gasteiger partial charge in [-0.2, -0.15) is 0 Å². The Labute approximate surface area is 203 Å². The van der Waals surface area contributed by atoms with Gasteiger partial charge in [0.15, 0.2) is 11.4 Å². The number of ketones is 1. The SMILES string of the molecule is C[C@@H]1C[C@H]2[C@@H]3C[C@H](F)C4=CC(=O)C=C[C@]4(C)[C@@]3(F)CC[C@]2(C)[C@@]1(OC(=O)C1(C)CC1O)C(=O)S. The van der Waals surface area contributed by atoms with Gasteiger partial charge in [0.1, 0.15) is 11.8 Å². The van der Waals surface area contributed by atoms with E-state index in [0.29, 0.717) is 6.42 Å². The number of carbonyl (C=O) groups excluding carboxylic acids is 3. The number of hydrogen-bond donors (Lipinski definition) is 2. The van der Waals surface area contributed by atoms with Crippen LogP contribution in [0.15, 0.2) is 23.8 Å². The Bertz CT molecular complexity index is 1060. The number of rotatable bonds is 3. The predicted molar refractivity (Wildman–Crippen MR) is 123 cm³/mol. The number of esters is 1. The van der Waals surface area contributed by atoms with Crippen molar-refractivity contribution in [2.75, 3.05) is 0 Å². The molecule has 0 heterocycles. The Morgan fingerprint density at radius 1 is 1.18 bits per heavy atom. The molecular formula is C26H32F2O5S. The maximum atomic E-state index is 17.1. The van der Waals surface area contributed by atoms with E-state index in [-0.39, 0.29) is 37.0 Å². The van der Waals surface area contributed by atoms with E-state index in [1.807, 2.05) is 6.92 Å². The molecule has 186 valence electrons. The monoisotopic (exact) mass is 494 g/mol. The van der Waals surface area contributed by atoms with Gasteiger partial charge in [0.2, 0.25) is 5.12 Å². The highest BCUT2D eigenvalue weighted by molar-refractivity contribution is 7.96. The van der Waals surface area contributed by atoms with Gasteiger partial charge in [0.25, 0.3) is 0 Å². The van der Waals surface area contributed by atoms with Crippen molar-refractivity contribution in [2.45, 2.75) is 83.3 Å². The first kappa shape index (κ1) is 24.2. The molecule has 0 aromatic carbocycles. The van der Waals surface area contributed by atoms with Crippen molar-refractivity contribution in [3.05, 3.63) is 23.8 Å². The van der Waals surface area contributed by atoms with Gasteiger partial charge in [-0.05, 0) is 69.6 Å². The molecule has 5 aliphatic rings. The van der Waals surface area contributed by atoms with E-state index in [0.717, 1.165) is 0 Å². The number of alkyl halides is 2. The number of fused-ring (bicyclic) bond motifs is 5. The average molecular weight is 495 g/mol. The molecule has 0 aromatic heterocycles. The fourth-order valence-corrected chi connectivity index (χ4v) is 8.47. The zero-order chi connectivity index (χ0) is 25.1. The summed E-state index contributed by atoms with van der Waals surface area (Å²) in [5.74, 6) is -2.59. The fraction of sp³-hybridized carbons (Fsp3) is 0.731. The lowest BCUT2D eigenvalue weighted by Gasteiger charge is -2.61. The molecule has 5 aliphatic carbocycles. The highest BCUT2D eigenvalue weighted by Crippen LogP contribution is 2.72. The van der Waals surface area contributed by atoms with E-state index in [4.69, 9.17) is 4.74 Å². The summed E-state index contributed by atoms with van der Waals surface area (Å²) in [4.78, 5) is 38.2. The summed E-state index contributed by atoms with van der Waals surface area (Å²) < 4.78 is 38.7. The van der Waals surface area contributed by atoms with Gasteiger partial charge >= 0.3 is 5.97 Å². The van der Waals surface area contributed by atoms with E-state index in [2.05, 4.69) is 12.6 Å². The molecule has 8 heteroatoms. The highest BCUT2D eigenvalue weighted by Gasteiger charge is 2.76. The van der Waals surface area contributed by atoms with Crippen molar-refractivity contribution in [2.24, 2.45) is 34.0 Å². The van der Waals surface area contributed by atoms with Gasteiger partial charge in [-0.15, -0.1) is 12.6 Å². The summed E-state index contributed by atoms with van der Waals surface area (Å²) in [5, 5.41) is 9.37. The maximum absolute atomic E-state index is 17.1. The molecule has 10 atom stereocenters. The topological polar surface area (TPSA) is 80.7 Å². The second-order valence-corrected chi connectivity index (χ2v) is 12.3. The molecule has 34 heavy (non-hydrogen) atoms. The van der Waals surface area contributed by atoms with E-state index < -0.39 is 68.6 Å². The van der Waals surface area contributed by atoms with E-state index in [9.17, 15) is 19.5 Å². The molecule has 0 bridgehead atoms. The second-order valence-electron chi connectivity index (χ2n) is 11.9. The van der Waals surface area contributed by atoms with Crippen LogP contribution in [-0.4, -0.2) is 45.5 Å². The lowest BCUT2D eigenvalue weighted by Crippen LogP contribution is -2.65. The molecule has 5 nitrogen and oxygen atoms in total. The molecule has 0 saturated heterocycles. The van der Waals surface area contributed by atoms with Crippen LogP contribution in [0.3, 0.4) is 0 Å². The summed E-state index contributed by atoms with van der Waals surface area (Å²) in [6, 6.07) is 0. The summed E-state index contributed by atoms with van der Waals surface area (Å²) in [6.07, 6.45) is 2.60. The number of hydrogen-bond acceptors (Lipinski definition) is 5. The van der Waals surface area contributed by atoms with E-state index in [1.54, 1.807) is 20.8 Å². The third-order valence-corrected chi connectivity index (χ3v) is 10.8. The molecule has 2 unspecified atom stereocenters. The van der Waals surface area contributed by atoms with E-state index >= 15 is 8.78 Å². The average Bonchev–Trinajstić information content (AvgIpc) is 3.31. The minimum atomic E-state index is -1.80. The minimum Gasteiger partial charge on any atom is -0.449 e. The van der Waals surface area contributed by atoms with Crippen molar-refractivity contribution in [3.8, 4) is 0 Å². The number of thiol groups is 1. The van der Waals surface area contributed by atoms with Gasteiger partial charge in [-0.25, -0.2) is 8.78 Å². The number of allylic oxidation sites excluding steroid dienone is 4. The number of halogens is 2. The molecule has 0 aromatic rings. The molecular weight excluding hydrogens is 462 g/mol. The van der Waals surface area contributed by atoms with Crippen molar-refractivity contribution < 1.29 is 33.0 Å². The van der Waals surface area contributed by atoms with Crippen LogP contribution < -0.4 is 0 Å². The Kier molecular flexibility index (Phi) is 4.99. The molecule has 0 aliphatic heterocycles. The molecule has 4 saturated carbocycles. The normalized spacial score (nSPS) is 53.4. The predicted octanol–water partition coefficient (Wildman–Crippen LogP) is 4.09. The van der Waals surface area contributed by atoms with E-state index in [1.165, 1.54) is 18.2 Å². The molecule has 0 radical (unpaired) electrons. The number of aliphatic hydroxyl groups is 1. The first-order chi connectivity index (χ1) is 15.7. The number of ether oxygens (including phenoxy) is 1. The van der Waals surface area contributed by atoms with Gasteiger partial charge in [-0.1, -0.05) is 19.9 Å². The third kappa shape index (κ3) is 2.67. The smallest absolute Gasteiger partial charge is 0.315 e. The lowest BCUT2D eigenvalue weighted by atomic mass is 9.45. The zero-order valence-corrected chi connectivity index (χ0v) is 20.8. The fourth-order valence-electron chi connectivity index (χ4n) is 7.95. The Morgan fingerprint density at radius 2 is 1.82 bits per heavy atom. The number of carbonyl (C=O) groups is 3. The van der Waals surface area contributed by atoms with Crippen LogP contribution in [0, 0.1) is 34.0 Å². The van der Waals surface area contributed by atoms with Gasteiger partial charge < -0.3 is 9.84 Å². The van der Waals surface area contributed by atoms with Crippen molar-refractivity contribution in [1.82, 2.24) is 0 Å². The quantitative estimate of drug-likeness (QED) is 0.456. The van der Waals surface area contributed by atoms with Crippen LogP contribution in [0.5, 0.6) is 0 Å². The van der Waals surface area contributed by atoms with Crippen LogP contribution in [0.4, 0.5) is 8.78 Å². The molecule has 0 amide bonds. The van der Waals surface area contributed by atoms with Crippen LogP contribution in [0.2, 0.25) is 0 Å². The highest BCUT2D eigenvalue weighted by atomic mass is 32.1. The minimum absolute atomic E-state index is 0.0384. The lowest BCUT2D eigenvalue weighted by molar-refractivity contribution is -0.204. The number of aliphatic hydroxyl groups excluding tert-OH is 1. The molecule has 0 spiro atoms. The second kappa shape index (κ2) is 7.02. The van der Waals surface area contributed by atoms with Crippen LogP contribution >= 0.6 is 12.6 Å².